The van der Waals surface area contributed by atoms with E-state index in [1.54, 1.807) is 37.3 Å². The fraction of sp³-hybridized carbons (Fsp3) is 0.250. The summed E-state index contributed by atoms with van der Waals surface area (Å²) in [6, 6.07) is 14.6. The molecule has 0 radical (unpaired) electrons. The molecule has 4 aromatic rings. The molecule has 2 amide bonds. The van der Waals surface area contributed by atoms with Gasteiger partial charge in [-0.3, -0.25) is 9.36 Å². The number of hydrogen-bond acceptors (Lipinski definition) is 4. The van der Waals surface area contributed by atoms with Gasteiger partial charge in [-0.05, 0) is 43.2 Å². The molecule has 1 N–H and O–H groups in total. The number of carbonyl (C=O) groups is 1. The highest BCUT2D eigenvalue weighted by molar-refractivity contribution is 5.91. The van der Waals surface area contributed by atoms with Crippen LogP contribution in [0.25, 0.3) is 10.9 Å². The lowest BCUT2D eigenvalue weighted by Crippen LogP contribution is -2.40. The Hall–Kier alpha value is -4.55. The maximum absolute atomic E-state index is 13.8. The lowest BCUT2D eigenvalue weighted by Gasteiger charge is -2.34. The smallest absolute Gasteiger partial charge is 0.404 e. The summed E-state index contributed by atoms with van der Waals surface area (Å²) in [5.74, 6) is -0.563. The van der Waals surface area contributed by atoms with Crippen LogP contribution in [0.15, 0.2) is 77.6 Å². The van der Waals surface area contributed by atoms with Gasteiger partial charge < -0.3 is 15.0 Å². The van der Waals surface area contributed by atoms with Gasteiger partial charge >= 0.3 is 18.6 Å². The van der Waals surface area contributed by atoms with Crippen LogP contribution in [0.2, 0.25) is 0 Å². The molecule has 0 spiro atoms. The van der Waals surface area contributed by atoms with Crippen LogP contribution in [0.5, 0.6) is 5.75 Å². The van der Waals surface area contributed by atoms with E-state index in [1.807, 2.05) is 0 Å². The standard InChI is InChI=1S/C28H22F6N4O3/c1-16(17-8-3-2-4-9-17)38(26(40)36-19-11-5-6-13-22(19)41-28(32,33)34)21-14-15-37-24(21)35-20-12-7-10-18(27(29,30)31)23(20)25(37)39/h2-13,16,21H,14-15H2,1H3,(H,36,40). The monoisotopic (exact) mass is 576 g/mol. The summed E-state index contributed by atoms with van der Waals surface area (Å²) in [5, 5.41) is 1.90. The van der Waals surface area contributed by atoms with Crippen LogP contribution in [-0.4, -0.2) is 26.8 Å². The van der Waals surface area contributed by atoms with Crippen LogP contribution in [0.4, 0.5) is 36.8 Å². The molecule has 5 rings (SSSR count). The zero-order valence-electron chi connectivity index (χ0n) is 21.3. The lowest BCUT2D eigenvalue weighted by atomic mass is 10.0. The topological polar surface area (TPSA) is 76.5 Å². The van der Waals surface area contributed by atoms with Crippen molar-refractivity contribution in [3.8, 4) is 5.75 Å². The number of nitrogens with zero attached hydrogens (tertiary/aromatic N) is 3. The van der Waals surface area contributed by atoms with Gasteiger partial charge in [-0.15, -0.1) is 13.2 Å². The number of fused-ring (bicyclic) bond motifs is 2. The zero-order valence-corrected chi connectivity index (χ0v) is 21.3. The van der Waals surface area contributed by atoms with E-state index >= 15 is 0 Å². The molecule has 1 aliphatic heterocycles. The fourth-order valence-electron chi connectivity index (χ4n) is 5.07. The van der Waals surface area contributed by atoms with Crippen LogP contribution < -0.4 is 15.6 Å². The third kappa shape index (κ3) is 5.56. The average molecular weight is 576 g/mol. The third-order valence-corrected chi connectivity index (χ3v) is 6.87. The van der Waals surface area contributed by atoms with Gasteiger partial charge in [0.2, 0.25) is 0 Å². The maximum atomic E-state index is 13.8. The van der Waals surface area contributed by atoms with Gasteiger partial charge in [0.1, 0.15) is 5.82 Å². The van der Waals surface area contributed by atoms with E-state index in [2.05, 4.69) is 15.0 Å². The summed E-state index contributed by atoms with van der Waals surface area (Å²) < 4.78 is 85.2. The Morgan fingerprint density at radius 2 is 1.68 bits per heavy atom. The number of anilines is 1. The first-order valence-corrected chi connectivity index (χ1v) is 12.4. The molecule has 0 fully saturated rings. The molecular formula is C28H22F6N4O3. The van der Waals surface area contributed by atoms with Crippen LogP contribution >= 0.6 is 0 Å². The molecular weight excluding hydrogens is 554 g/mol. The van der Waals surface area contributed by atoms with Crippen molar-refractivity contribution in [3.63, 3.8) is 0 Å². The van der Waals surface area contributed by atoms with Crippen molar-refractivity contribution >= 4 is 22.6 Å². The number of nitrogens with one attached hydrogen (secondary N) is 1. The van der Waals surface area contributed by atoms with E-state index < -0.39 is 52.9 Å². The normalized spacial score (nSPS) is 15.8. The summed E-state index contributed by atoms with van der Waals surface area (Å²) in [5.41, 5.74) is -1.77. The summed E-state index contributed by atoms with van der Waals surface area (Å²) in [6.07, 6.45) is -9.67. The number of halogens is 6. The molecule has 13 heteroatoms. The molecule has 0 saturated carbocycles. The molecule has 2 unspecified atom stereocenters. The number of benzene rings is 3. The number of hydrogen-bond donors (Lipinski definition) is 1. The highest BCUT2D eigenvalue weighted by Crippen LogP contribution is 2.39. The van der Waals surface area contributed by atoms with Gasteiger partial charge in [0.25, 0.3) is 5.56 Å². The first kappa shape index (κ1) is 28.0. The Kier molecular flexibility index (Phi) is 7.14. The van der Waals surface area contributed by atoms with Crippen LogP contribution in [0.3, 0.4) is 0 Å². The first-order valence-electron chi connectivity index (χ1n) is 12.4. The molecule has 214 valence electrons. The molecule has 1 aromatic heterocycles. The van der Waals surface area contributed by atoms with Crippen LogP contribution in [0.1, 0.15) is 42.4 Å². The Bertz CT molecular complexity index is 1650. The lowest BCUT2D eigenvalue weighted by molar-refractivity contribution is -0.274. The Morgan fingerprint density at radius 1 is 1.00 bits per heavy atom. The average Bonchev–Trinajstić information content (AvgIpc) is 3.32. The van der Waals surface area contributed by atoms with E-state index in [4.69, 9.17) is 0 Å². The number of ether oxygens (including phenoxy) is 1. The minimum Gasteiger partial charge on any atom is -0.404 e. The quantitative estimate of drug-likeness (QED) is 0.258. The second kappa shape index (κ2) is 10.5. The number of urea groups is 1. The number of carbonyl (C=O) groups excluding carboxylic acids is 1. The number of rotatable bonds is 5. The highest BCUT2D eigenvalue weighted by Gasteiger charge is 2.40. The summed E-state index contributed by atoms with van der Waals surface area (Å²) in [6.45, 7) is 1.67. The number of aromatic nitrogens is 2. The fourth-order valence-corrected chi connectivity index (χ4v) is 5.07. The Morgan fingerprint density at radius 3 is 2.37 bits per heavy atom. The van der Waals surface area contributed by atoms with Crippen molar-refractivity contribution in [1.29, 1.82) is 0 Å². The molecule has 2 atom stereocenters. The van der Waals surface area contributed by atoms with Crippen molar-refractivity contribution in [2.75, 3.05) is 5.32 Å². The van der Waals surface area contributed by atoms with Crippen LogP contribution in [0, 0.1) is 0 Å². The predicted octanol–water partition coefficient (Wildman–Crippen LogP) is 7.05. The van der Waals surface area contributed by atoms with Gasteiger partial charge in [-0.2, -0.15) is 13.2 Å². The highest BCUT2D eigenvalue weighted by atomic mass is 19.4. The Balaban J connectivity index is 1.60. The largest absolute Gasteiger partial charge is 0.573 e. The van der Waals surface area contributed by atoms with Crippen molar-refractivity contribution in [2.45, 2.75) is 44.5 Å². The minimum atomic E-state index is -5.01. The molecule has 2 heterocycles. The summed E-state index contributed by atoms with van der Waals surface area (Å²) in [7, 11) is 0. The molecule has 3 aromatic carbocycles. The van der Waals surface area contributed by atoms with Gasteiger partial charge in [0, 0.05) is 6.54 Å². The molecule has 7 nitrogen and oxygen atoms in total. The molecule has 0 bridgehead atoms. The second-order valence-electron chi connectivity index (χ2n) is 9.40. The SMILES string of the molecule is CC(c1ccccc1)N(C(=O)Nc1ccccc1OC(F)(F)F)C1CCn2c1nc1cccc(C(F)(F)F)c1c2=O. The van der Waals surface area contributed by atoms with Crippen molar-refractivity contribution < 1.29 is 35.9 Å². The van der Waals surface area contributed by atoms with E-state index in [9.17, 15) is 35.9 Å². The van der Waals surface area contributed by atoms with Crippen molar-refractivity contribution in [3.05, 3.63) is 100 Å². The Labute approximate surface area is 229 Å². The van der Waals surface area contributed by atoms with Gasteiger partial charge in [-0.25, -0.2) is 9.78 Å². The van der Waals surface area contributed by atoms with E-state index in [0.717, 1.165) is 22.8 Å². The molecule has 0 saturated heterocycles. The van der Waals surface area contributed by atoms with E-state index in [0.29, 0.717) is 5.56 Å². The number of para-hydroxylation sites is 2. The molecule has 0 aliphatic carbocycles. The maximum Gasteiger partial charge on any atom is 0.573 e. The second-order valence-corrected chi connectivity index (χ2v) is 9.40. The van der Waals surface area contributed by atoms with Gasteiger partial charge in [0.05, 0.1) is 34.2 Å². The zero-order chi connectivity index (χ0) is 29.5. The molecule has 1 aliphatic rings. The van der Waals surface area contributed by atoms with Gasteiger partial charge in [-0.1, -0.05) is 48.5 Å². The summed E-state index contributed by atoms with van der Waals surface area (Å²) in [4.78, 5) is 32.8. The van der Waals surface area contributed by atoms with Crippen molar-refractivity contribution in [1.82, 2.24) is 14.5 Å². The first-order chi connectivity index (χ1) is 19.3. The predicted molar refractivity (Wildman–Crippen MR) is 137 cm³/mol. The van der Waals surface area contributed by atoms with Crippen molar-refractivity contribution in [2.24, 2.45) is 0 Å². The number of amides is 2. The molecule has 41 heavy (non-hydrogen) atoms. The minimum absolute atomic E-state index is 0.0208. The third-order valence-electron chi connectivity index (χ3n) is 6.87. The van der Waals surface area contributed by atoms with Crippen LogP contribution in [-0.2, 0) is 12.7 Å². The van der Waals surface area contributed by atoms with E-state index in [1.165, 1.54) is 29.2 Å². The summed E-state index contributed by atoms with van der Waals surface area (Å²) >= 11 is 0. The number of alkyl halides is 6. The van der Waals surface area contributed by atoms with E-state index in [-0.39, 0.29) is 30.0 Å². The van der Waals surface area contributed by atoms with Gasteiger partial charge in [0.15, 0.2) is 5.75 Å².